The number of aryl methyl sites for hydroxylation is 1. The fourth-order valence-corrected chi connectivity index (χ4v) is 2.62. The maximum Gasteiger partial charge on any atom is 0.255 e. The van der Waals surface area contributed by atoms with Crippen molar-refractivity contribution in [1.82, 2.24) is 4.72 Å². The Hall–Kier alpha value is -2.38. The predicted octanol–water partition coefficient (Wildman–Crippen LogP) is 2.04. The number of phenolic OH excluding ortho intramolecular Hbond substituents is 1. The van der Waals surface area contributed by atoms with E-state index in [1.54, 1.807) is 42.5 Å². The van der Waals surface area contributed by atoms with Gasteiger partial charge in [0.2, 0.25) is 10.0 Å². The number of benzene rings is 2. The molecule has 2 aromatic rings. The molecule has 0 aliphatic heterocycles. The number of hydrogen-bond donors (Lipinski definition) is 3. The highest BCUT2D eigenvalue weighted by atomic mass is 32.2. The number of rotatable bonds is 6. The SMILES string of the molecule is Cc1ccc(NC(=O)c2ccc(CCNS(C)(=O)=O)cc2)c(O)c1. The van der Waals surface area contributed by atoms with Crippen LogP contribution in [0.2, 0.25) is 0 Å². The number of amides is 1. The number of hydrogen-bond acceptors (Lipinski definition) is 4. The molecule has 128 valence electrons. The van der Waals surface area contributed by atoms with Crippen molar-refractivity contribution in [1.29, 1.82) is 0 Å². The number of phenols is 1. The molecular weight excluding hydrogens is 328 g/mol. The quantitative estimate of drug-likeness (QED) is 0.696. The van der Waals surface area contributed by atoms with Crippen molar-refractivity contribution in [2.75, 3.05) is 18.1 Å². The van der Waals surface area contributed by atoms with Gasteiger partial charge < -0.3 is 10.4 Å². The zero-order valence-electron chi connectivity index (χ0n) is 13.5. The monoisotopic (exact) mass is 348 g/mol. The lowest BCUT2D eigenvalue weighted by Crippen LogP contribution is -2.24. The van der Waals surface area contributed by atoms with Gasteiger partial charge in [0.05, 0.1) is 11.9 Å². The van der Waals surface area contributed by atoms with E-state index >= 15 is 0 Å². The zero-order valence-corrected chi connectivity index (χ0v) is 14.4. The Kier molecular flexibility index (Phi) is 5.58. The Balaban J connectivity index is 1.98. The van der Waals surface area contributed by atoms with Crippen molar-refractivity contribution >= 4 is 21.6 Å². The molecule has 0 aromatic heterocycles. The van der Waals surface area contributed by atoms with E-state index in [0.29, 0.717) is 24.2 Å². The fourth-order valence-electron chi connectivity index (χ4n) is 2.15. The maximum atomic E-state index is 12.2. The summed E-state index contributed by atoms with van der Waals surface area (Å²) in [6.07, 6.45) is 1.65. The summed E-state index contributed by atoms with van der Waals surface area (Å²) in [7, 11) is -3.20. The van der Waals surface area contributed by atoms with E-state index in [-0.39, 0.29) is 11.7 Å². The molecule has 2 rings (SSSR count). The highest BCUT2D eigenvalue weighted by Gasteiger charge is 2.09. The molecular formula is C17H20N2O4S. The Morgan fingerprint density at radius 3 is 2.38 bits per heavy atom. The molecule has 1 amide bonds. The minimum absolute atomic E-state index is 0.0202. The molecule has 0 aliphatic carbocycles. The molecule has 0 bridgehead atoms. The summed E-state index contributed by atoms with van der Waals surface area (Å²) in [5.41, 5.74) is 2.63. The van der Waals surface area contributed by atoms with E-state index in [9.17, 15) is 18.3 Å². The lowest BCUT2D eigenvalue weighted by Gasteiger charge is -2.09. The van der Waals surface area contributed by atoms with Crippen LogP contribution in [0.25, 0.3) is 0 Å². The molecule has 0 atom stereocenters. The van der Waals surface area contributed by atoms with E-state index in [2.05, 4.69) is 10.0 Å². The highest BCUT2D eigenvalue weighted by molar-refractivity contribution is 7.88. The normalized spacial score (nSPS) is 11.2. The van der Waals surface area contributed by atoms with Crippen molar-refractivity contribution in [3.05, 3.63) is 59.2 Å². The summed E-state index contributed by atoms with van der Waals surface area (Å²) >= 11 is 0. The molecule has 0 spiro atoms. The summed E-state index contributed by atoms with van der Waals surface area (Å²) in [5.74, 6) is -0.304. The number of carbonyl (C=O) groups excluding carboxylic acids is 1. The first kappa shape index (κ1) is 18.0. The average molecular weight is 348 g/mol. The van der Waals surface area contributed by atoms with Gasteiger partial charge in [0.25, 0.3) is 5.91 Å². The first-order valence-corrected chi connectivity index (χ1v) is 9.28. The van der Waals surface area contributed by atoms with E-state index in [4.69, 9.17) is 0 Å². The van der Waals surface area contributed by atoms with E-state index in [1.165, 1.54) is 0 Å². The topological polar surface area (TPSA) is 95.5 Å². The largest absolute Gasteiger partial charge is 0.506 e. The minimum Gasteiger partial charge on any atom is -0.506 e. The molecule has 0 aliphatic rings. The third-order valence-electron chi connectivity index (χ3n) is 3.40. The highest BCUT2D eigenvalue weighted by Crippen LogP contribution is 2.24. The number of anilines is 1. The zero-order chi connectivity index (χ0) is 17.7. The molecule has 0 saturated carbocycles. The molecule has 24 heavy (non-hydrogen) atoms. The summed E-state index contributed by atoms with van der Waals surface area (Å²) in [6.45, 7) is 2.16. The van der Waals surface area contributed by atoms with Crippen LogP contribution in [0.5, 0.6) is 5.75 Å². The number of sulfonamides is 1. The first-order valence-electron chi connectivity index (χ1n) is 7.39. The minimum atomic E-state index is -3.20. The van der Waals surface area contributed by atoms with Crippen LogP contribution >= 0.6 is 0 Å². The van der Waals surface area contributed by atoms with Gasteiger partial charge in [-0.1, -0.05) is 18.2 Å². The third-order valence-corrected chi connectivity index (χ3v) is 4.12. The molecule has 3 N–H and O–H groups in total. The van der Waals surface area contributed by atoms with Gasteiger partial charge in [0.15, 0.2) is 0 Å². The van der Waals surface area contributed by atoms with Gasteiger partial charge in [-0.25, -0.2) is 13.1 Å². The molecule has 0 heterocycles. The second-order valence-electron chi connectivity index (χ2n) is 5.59. The van der Waals surface area contributed by atoms with Crippen LogP contribution in [0.4, 0.5) is 5.69 Å². The Bertz CT molecular complexity index is 830. The van der Waals surface area contributed by atoms with Gasteiger partial charge in [-0.3, -0.25) is 4.79 Å². The second-order valence-corrected chi connectivity index (χ2v) is 7.42. The fraction of sp³-hybridized carbons (Fsp3) is 0.235. The lowest BCUT2D eigenvalue weighted by molar-refractivity contribution is 0.102. The van der Waals surface area contributed by atoms with Crippen LogP contribution in [-0.4, -0.2) is 32.2 Å². The summed E-state index contributed by atoms with van der Waals surface area (Å²) in [4.78, 5) is 12.2. The molecule has 2 aromatic carbocycles. The first-order chi connectivity index (χ1) is 11.2. The molecule has 7 heteroatoms. The molecule has 0 unspecified atom stereocenters. The van der Waals surface area contributed by atoms with Crippen molar-refractivity contribution in [2.24, 2.45) is 0 Å². The Morgan fingerprint density at radius 2 is 1.79 bits per heavy atom. The van der Waals surface area contributed by atoms with E-state index in [1.807, 2.05) is 6.92 Å². The standard InChI is InChI=1S/C17H20N2O4S/c1-12-3-8-15(16(20)11-12)19-17(21)14-6-4-13(5-7-14)9-10-18-24(2,22)23/h3-8,11,18,20H,9-10H2,1-2H3,(H,19,21). The van der Waals surface area contributed by atoms with Gasteiger partial charge in [-0.15, -0.1) is 0 Å². The van der Waals surface area contributed by atoms with Crippen LogP contribution in [0.3, 0.4) is 0 Å². The molecule has 0 saturated heterocycles. The Labute approximate surface area is 141 Å². The van der Waals surface area contributed by atoms with Gasteiger partial charge in [-0.05, 0) is 48.7 Å². The van der Waals surface area contributed by atoms with Crippen molar-refractivity contribution in [3.63, 3.8) is 0 Å². The molecule has 0 fully saturated rings. The number of carbonyl (C=O) groups is 1. The van der Waals surface area contributed by atoms with E-state index < -0.39 is 10.0 Å². The maximum absolute atomic E-state index is 12.2. The van der Waals surface area contributed by atoms with Crippen LogP contribution in [-0.2, 0) is 16.4 Å². The summed E-state index contributed by atoms with van der Waals surface area (Å²) in [6, 6.07) is 11.9. The van der Waals surface area contributed by atoms with Crippen LogP contribution in [0, 0.1) is 6.92 Å². The van der Waals surface area contributed by atoms with Crippen LogP contribution in [0.15, 0.2) is 42.5 Å². The van der Waals surface area contributed by atoms with E-state index in [0.717, 1.165) is 17.4 Å². The van der Waals surface area contributed by atoms with Crippen molar-refractivity contribution in [2.45, 2.75) is 13.3 Å². The van der Waals surface area contributed by atoms with Gasteiger partial charge in [-0.2, -0.15) is 0 Å². The van der Waals surface area contributed by atoms with Crippen LogP contribution in [0.1, 0.15) is 21.5 Å². The second kappa shape index (κ2) is 7.46. The predicted molar refractivity (Wildman–Crippen MR) is 93.8 cm³/mol. The molecule has 6 nitrogen and oxygen atoms in total. The summed E-state index contributed by atoms with van der Waals surface area (Å²) in [5, 5.41) is 12.5. The number of nitrogens with one attached hydrogen (secondary N) is 2. The third kappa shape index (κ3) is 5.36. The van der Waals surface area contributed by atoms with Gasteiger partial charge in [0, 0.05) is 12.1 Å². The van der Waals surface area contributed by atoms with Crippen molar-refractivity contribution < 1.29 is 18.3 Å². The number of aromatic hydroxyl groups is 1. The average Bonchev–Trinajstić information content (AvgIpc) is 2.49. The van der Waals surface area contributed by atoms with Gasteiger partial charge >= 0.3 is 0 Å². The van der Waals surface area contributed by atoms with Crippen LogP contribution < -0.4 is 10.0 Å². The molecule has 0 radical (unpaired) electrons. The summed E-state index contributed by atoms with van der Waals surface area (Å²) < 4.78 is 24.4. The lowest BCUT2D eigenvalue weighted by atomic mass is 10.1. The smallest absolute Gasteiger partial charge is 0.255 e. The Morgan fingerprint density at radius 1 is 1.12 bits per heavy atom. The van der Waals surface area contributed by atoms with Crippen molar-refractivity contribution in [3.8, 4) is 5.75 Å². The van der Waals surface area contributed by atoms with Gasteiger partial charge in [0.1, 0.15) is 5.75 Å².